The van der Waals surface area contributed by atoms with Crippen LogP contribution in [0.25, 0.3) is 0 Å². The minimum atomic E-state index is -3.53. The van der Waals surface area contributed by atoms with Crippen LogP contribution in [0.4, 0.5) is 11.4 Å². The smallest absolute Gasteiger partial charge is 0.243 e. The average molecular weight is 388 g/mol. The van der Waals surface area contributed by atoms with Gasteiger partial charge in [0, 0.05) is 44.0 Å². The zero-order valence-corrected chi connectivity index (χ0v) is 16.5. The molecule has 2 aromatic carbocycles. The van der Waals surface area contributed by atoms with Crippen LogP contribution in [-0.2, 0) is 14.8 Å². The summed E-state index contributed by atoms with van der Waals surface area (Å²) in [5, 5.41) is 2.72. The van der Waals surface area contributed by atoms with E-state index in [-0.39, 0.29) is 10.8 Å². The van der Waals surface area contributed by atoms with Gasteiger partial charge in [-0.3, -0.25) is 4.79 Å². The number of anilines is 2. The topological polar surface area (TPSA) is 69.7 Å². The summed E-state index contributed by atoms with van der Waals surface area (Å²) < 4.78 is 27.3. The molecule has 1 aliphatic rings. The molecule has 1 heterocycles. The highest BCUT2D eigenvalue weighted by atomic mass is 32.2. The van der Waals surface area contributed by atoms with Gasteiger partial charge in [-0.05, 0) is 48.9 Å². The SMILES string of the molecule is CCC(=O)Nc1ccc(S(=O)(=O)N2CCN(c3cccc(C)c3)CC2)cc1. The molecule has 0 aromatic heterocycles. The molecule has 1 amide bonds. The van der Waals surface area contributed by atoms with Gasteiger partial charge in [-0.25, -0.2) is 8.42 Å². The number of hydrogen-bond donors (Lipinski definition) is 1. The number of benzene rings is 2. The average Bonchev–Trinajstić information content (AvgIpc) is 2.68. The van der Waals surface area contributed by atoms with Crippen molar-refractivity contribution in [1.82, 2.24) is 4.31 Å². The molecule has 1 saturated heterocycles. The van der Waals surface area contributed by atoms with E-state index in [1.165, 1.54) is 9.87 Å². The number of piperazine rings is 1. The Hall–Kier alpha value is -2.38. The summed E-state index contributed by atoms with van der Waals surface area (Å²) in [6.07, 6.45) is 0.380. The van der Waals surface area contributed by atoms with Crippen molar-refractivity contribution >= 4 is 27.3 Å². The number of nitrogens with one attached hydrogen (secondary N) is 1. The number of rotatable bonds is 5. The molecule has 0 aliphatic carbocycles. The van der Waals surface area contributed by atoms with Crippen molar-refractivity contribution < 1.29 is 13.2 Å². The molecule has 2 aromatic rings. The van der Waals surface area contributed by atoms with Gasteiger partial charge in [-0.2, -0.15) is 4.31 Å². The first-order valence-electron chi connectivity index (χ1n) is 9.12. The lowest BCUT2D eigenvalue weighted by Crippen LogP contribution is -2.48. The zero-order valence-electron chi connectivity index (χ0n) is 15.7. The van der Waals surface area contributed by atoms with Crippen LogP contribution >= 0.6 is 0 Å². The van der Waals surface area contributed by atoms with Crippen LogP contribution < -0.4 is 10.2 Å². The van der Waals surface area contributed by atoms with Gasteiger partial charge in [-0.1, -0.05) is 19.1 Å². The fourth-order valence-electron chi connectivity index (χ4n) is 3.12. The van der Waals surface area contributed by atoms with E-state index >= 15 is 0 Å². The highest BCUT2D eigenvalue weighted by molar-refractivity contribution is 7.89. The van der Waals surface area contributed by atoms with E-state index in [4.69, 9.17) is 0 Å². The van der Waals surface area contributed by atoms with Crippen LogP contribution in [0.15, 0.2) is 53.4 Å². The number of amides is 1. The van der Waals surface area contributed by atoms with Crippen molar-refractivity contribution in [2.45, 2.75) is 25.2 Å². The first kappa shape index (κ1) is 19.4. The largest absolute Gasteiger partial charge is 0.369 e. The molecule has 1 N–H and O–H groups in total. The van der Waals surface area contributed by atoms with Gasteiger partial charge in [0.15, 0.2) is 0 Å². The Morgan fingerprint density at radius 2 is 1.70 bits per heavy atom. The Morgan fingerprint density at radius 3 is 2.30 bits per heavy atom. The van der Waals surface area contributed by atoms with E-state index in [2.05, 4.69) is 35.3 Å². The van der Waals surface area contributed by atoms with E-state index in [0.29, 0.717) is 38.3 Å². The number of hydrogen-bond acceptors (Lipinski definition) is 4. The molecule has 0 spiro atoms. The second-order valence-corrected chi connectivity index (χ2v) is 8.59. The molecule has 0 atom stereocenters. The maximum Gasteiger partial charge on any atom is 0.243 e. The summed E-state index contributed by atoms with van der Waals surface area (Å²) in [4.78, 5) is 13.9. The quantitative estimate of drug-likeness (QED) is 0.857. The van der Waals surface area contributed by atoms with E-state index in [1.54, 1.807) is 31.2 Å². The second kappa shape index (κ2) is 8.10. The zero-order chi connectivity index (χ0) is 19.4. The van der Waals surface area contributed by atoms with Crippen molar-refractivity contribution in [2.75, 3.05) is 36.4 Å². The minimum absolute atomic E-state index is 0.0992. The predicted octanol–water partition coefficient (Wildman–Crippen LogP) is 2.85. The third-order valence-corrected chi connectivity index (χ3v) is 6.62. The van der Waals surface area contributed by atoms with Crippen molar-refractivity contribution in [3.05, 3.63) is 54.1 Å². The van der Waals surface area contributed by atoms with Crippen molar-refractivity contribution in [3.8, 4) is 0 Å². The minimum Gasteiger partial charge on any atom is -0.369 e. The molecule has 27 heavy (non-hydrogen) atoms. The van der Waals surface area contributed by atoms with Crippen LogP contribution in [0.2, 0.25) is 0 Å². The molecule has 144 valence electrons. The fraction of sp³-hybridized carbons (Fsp3) is 0.350. The van der Waals surface area contributed by atoms with Gasteiger partial charge in [0.25, 0.3) is 0 Å². The molecule has 1 aliphatic heterocycles. The maximum atomic E-state index is 12.9. The Balaban J connectivity index is 1.67. The van der Waals surface area contributed by atoms with Crippen molar-refractivity contribution in [1.29, 1.82) is 0 Å². The molecule has 3 rings (SSSR count). The number of nitrogens with zero attached hydrogens (tertiary/aromatic N) is 2. The van der Waals surface area contributed by atoms with Crippen LogP contribution in [0.1, 0.15) is 18.9 Å². The van der Waals surface area contributed by atoms with Crippen LogP contribution in [0.5, 0.6) is 0 Å². The maximum absolute atomic E-state index is 12.9. The first-order chi connectivity index (χ1) is 12.9. The molecular formula is C20H25N3O3S. The molecule has 0 unspecified atom stereocenters. The van der Waals surface area contributed by atoms with Gasteiger partial charge in [0.1, 0.15) is 0 Å². The monoisotopic (exact) mass is 387 g/mol. The normalized spacial score (nSPS) is 15.6. The van der Waals surface area contributed by atoms with Gasteiger partial charge < -0.3 is 10.2 Å². The van der Waals surface area contributed by atoms with Gasteiger partial charge in [0.2, 0.25) is 15.9 Å². The van der Waals surface area contributed by atoms with Crippen LogP contribution in [-0.4, -0.2) is 44.8 Å². The first-order valence-corrected chi connectivity index (χ1v) is 10.6. The summed E-state index contributed by atoms with van der Waals surface area (Å²) in [6, 6.07) is 14.6. The summed E-state index contributed by atoms with van der Waals surface area (Å²) in [7, 11) is -3.53. The molecule has 0 radical (unpaired) electrons. The lowest BCUT2D eigenvalue weighted by molar-refractivity contribution is -0.115. The Bertz CT molecular complexity index is 902. The summed E-state index contributed by atoms with van der Waals surface area (Å²) in [5.74, 6) is -0.0992. The standard InChI is InChI=1S/C20H25N3O3S/c1-3-20(24)21-17-7-9-19(10-8-17)27(25,26)23-13-11-22(12-14-23)18-6-4-5-16(2)15-18/h4-10,15H,3,11-14H2,1-2H3,(H,21,24). The fourth-order valence-corrected chi connectivity index (χ4v) is 4.54. The van der Waals surface area contributed by atoms with Crippen molar-refractivity contribution in [2.24, 2.45) is 0 Å². The molecule has 6 nitrogen and oxygen atoms in total. The summed E-state index contributed by atoms with van der Waals surface area (Å²) >= 11 is 0. The number of sulfonamides is 1. The number of carbonyl (C=O) groups excluding carboxylic acids is 1. The highest BCUT2D eigenvalue weighted by Crippen LogP contribution is 2.23. The summed E-state index contributed by atoms with van der Waals surface area (Å²) in [6.45, 7) is 6.04. The Morgan fingerprint density at radius 1 is 1.04 bits per heavy atom. The Labute approximate surface area is 160 Å². The van der Waals surface area contributed by atoms with Crippen LogP contribution in [0.3, 0.4) is 0 Å². The highest BCUT2D eigenvalue weighted by Gasteiger charge is 2.28. The summed E-state index contributed by atoms with van der Waals surface area (Å²) in [5.41, 5.74) is 2.92. The Kier molecular flexibility index (Phi) is 5.82. The lowest BCUT2D eigenvalue weighted by Gasteiger charge is -2.35. The molecule has 1 fully saturated rings. The van der Waals surface area contributed by atoms with Gasteiger partial charge in [-0.15, -0.1) is 0 Å². The third-order valence-electron chi connectivity index (χ3n) is 4.70. The van der Waals surface area contributed by atoms with E-state index in [0.717, 1.165) is 5.69 Å². The van der Waals surface area contributed by atoms with Crippen LogP contribution in [0, 0.1) is 6.92 Å². The van der Waals surface area contributed by atoms with E-state index in [1.807, 2.05) is 6.07 Å². The molecule has 0 saturated carbocycles. The molecular weight excluding hydrogens is 362 g/mol. The lowest BCUT2D eigenvalue weighted by atomic mass is 10.2. The van der Waals surface area contributed by atoms with E-state index in [9.17, 15) is 13.2 Å². The predicted molar refractivity (Wildman–Crippen MR) is 108 cm³/mol. The van der Waals surface area contributed by atoms with Crippen molar-refractivity contribution in [3.63, 3.8) is 0 Å². The second-order valence-electron chi connectivity index (χ2n) is 6.66. The number of aryl methyl sites for hydroxylation is 1. The molecule has 0 bridgehead atoms. The van der Waals surface area contributed by atoms with Gasteiger partial charge >= 0.3 is 0 Å². The van der Waals surface area contributed by atoms with E-state index < -0.39 is 10.0 Å². The van der Waals surface area contributed by atoms with Gasteiger partial charge in [0.05, 0.1) is 4.90 Å². The third kappa shape index (κ3) is 4.48. The molecule has 7 heteroatoms. The number of carbonyl (C=O) groups is 1.